The average Bonchev–Trinajstić information content (AvgIpc) is 2.63. The van der Waals surface area contributed by atoms with Crippen molar-refractivity contribution in [3.8, 4) is 0 Å². The number of aliphatic carboxylic acids is 1. The molecule has 64 valence electrons. The maximum atomic E-state index is 10.4. The first-order valence-corrected chi connectivity index (χ1v) is 3.19. The number of aliphatic hydroxyl groups is 1. The maximum Gasteiger partial charge on any atom is 0.323 e. The van der Waals surface area contributed by atoms with Crippen LogP contribution in [0.25, 0.3) is 0 Å². The van der Waals surface area contributed by atoms with E-state index in [-0.39, 0.29) is 0 Å². The Morgan fingerprint density at radius 1 is 1.82 bits per heavy atom. The number of carboxylic acids is 1. The lowest BCUT2D eigenvalue weighted by Crippen LogP contribution is -2.46. The number of hydrogen-bond acceptors (Lipinski definition) is 5. The van der Waals surface area contributed by atoms with Crippen LogP contribution < -0.4 is 10.8 Å². The van der Waals surface area contributed by atoms with Gasteiger partial charge in [-0.1, -0.05) is 0 Å². The zero-order valence-corrected chi connectivity index (χ0v) is 5.94. The first kappa shape index (κ1) is 8.41. The summed E-state index contributed by atoms with van der Waals surface area (Å²) in [7, 11) is 0. The lowest BCUT2D eigenvalue weighted by molar-refractivity contribution is -0.142. The third-order valence-electron chi connectivity index (χ3n) is 1.32. The van der Waals surface area contributed by atoms with Crippen molar-refractivity contribution in [2.24, 2.45) is 0 Å². The van der Waals surface area contributed by atoms with Gasteiger partial charge in [-0.05, 0) is 6.92 Å². The normalized spacial score (nSPS) is 27.6. The second-order valence-corrected chi connectivity index (χ2v) is 2.34. The van der Waals surface area contributed by atoms with Crippen molar-refractivity contribution in [3.63, 3.8) is 0 Å². The van der Waals surface area contributed by atoms with Crippen molar-refractivity contribution in [2.45, 2.75) is 25.4 Å². The molecule has 1 heterocycles. The Labute approximate surface area is 63.1 Å². The second kappa shape index (κ2) is 3.14. The Balaban J connectivity index is 2.37. The van der Waals surface area contributed by atoms with E-state index in [0.717, 1.165) is 0 Å². The van der Waals surface area contributed by atoms with E-state index in [1.54, 1.807) is 0 Å². The highest BCUT2D eigenvalue weighted by Crippen LogP contribution is 2.00. The van der Waals surface area contributed by atoms with Gasteiger partial charge in [0.05, 0.1) is 6.10 Å². The molecule has 0 unspecified atom stereocenters. The van der Waals surface area contributed by atoms with E-state index >= 15 is 0 Å². The smallest absolute Gasteiger partial charge is 0.323 e. The lowest BCUT2D eigenvalue weighted by atomic mass is 10.2. The number of hydroxylamine groups is 1. The summed E-state index contributed by atoms with van der Waals surface area (Å²) in [6, 6.07) is -0.991. The van der Waals surface area contributed by atoms with Gasteiger partial charge < -0.3 is 10.2 Å². The molecule has 0 radical (unpaired) electrons. The SMILES string of the molecule is C[C@@H](O)[C@H](N[C@@H]1NO1)C(=O)O. The zero-order chi connectivity index (χ0) is 8.43. The summed E-state index contributed by atoms with van der Waals surface area (Å²) in [5.41, 5.74) is 2.39. The molecule has 0 aliphatic carbocycles. The number of nitrogens with one attached hydrogen (secondary N) is 2. The summed E-state index contributed by atoms with van der Waals surface area (Å²) < 4.78 is 0. The maximum absolute atomic E-state index is 10.4. The van der Waals surface area contributed by atoms with Crippen molar-refractivity contribution >= 4 is 5.97 Å². The molecule has 1 rings (SSSR count). The molecule has 6 nitrogen and oxygen atoms in total. The van der Waals surface area contributed by atoms with E-state index in [1.165, 1.54) is 6.92 Å². The lowest BCUT2D eigenvalue weighted by Gasteiger charge is -2.14. The highest BCUT2D eigenvalue weighted by Gasteiger charge is 2.31. The Morgan fingerprint density at radius 3 is 2.64 bits per heavy atom. The van der Waals surface area contributed by atoms with Crippen molar-refractivity contribution in [1.82, 2.24) is 10.8 Å². The zero-order valence-electron chi connectivity index (χ0n) is 5.94. The van der Waals surface area contributed by atoms with Gasteiger partial charge in [0.1, 0.15) is 6.04 Å². The van der Waals surface area contributed by atoms with Crippen molar-refractivity contribution in [3.05, 3.63) is 0 Å². The summed E-state index contributed by atoms with van der Waals surface area (Å²) in [4.78, 5) is 14.9. The number of carboxylic acid groups (broad SMARTS) is 1. The predicted octanol–water partition coefficient (Wildman–Crippen LogP) is -1.77. The third-order valence-corrected chi connectivity index (χ3v) is 1.32. The Bertz CT molecular complexity index is 157. The first-order chi connectivity index (χ1) is 5.11. The van der Waals surface area contributed by atoms with Gasteiger partial charge in [-0.15, -0.1) is 0 Å². The highest BCUT2D eigenvalue weighted by atomic mass is 16.8. The molecule has 0 aromatic rings. The van der Waals surface area contributed by atoms with Crippen LogP contribution >= 0.6 is 0 Å². The van der Waals surface area contributed by atoms with Gasteiger partial charge in [0.15, 0.2) is 0 Å². The molecular weight excluding hydrogens is 152 g/mol. The molecule has 11 heavy (non-hydrogen) atoms. The quantitative estimate of drug-likeness (QED) is 0.365. The van der Waals surface area contributed by atoms with Gasteiger partial charge in [-0.3, -0.25) is 14.9 Å². The summed E-state index contributed by atoms with van der Waals surface area (Å²) in [6.45, 7) is 1.40. The molecule has 0 bridgehead atoms. The van der Waals surface area contributed by atoms with E-state index in [2.05, 4.69) is 15.6 Å². The molecule has 0 spiro atoms. The summed E-state index contributed by atoms with van der Waals surface area (Å²) >= 11 is 0. The first-order valence-electron chi connectivity index (χ1n) is 3.19. The standard InChI is InChI=1S/C5H10N2O4/c1-2(8)3(4(9)10)6-5-7-11-5/h2-3,5-8H,1H3,(H,9,10)/t2-,3+,5-/m1/s1. The van der Waals surface area contributed by atoms with Crippen LogP contribution in [0.3, 0.4) is 0 Å². The third kappa shape index (κ3) is 2.43. The van der Waals surface area contributed by atoms with Gasteiger partial charge in [-0.2, -0.15) is 5.48 Å². The van der Waals surface area contributed by atoms with Crippen LogP contribution in [0.1, 0.15) is 6.92 Å². The fraction of sp³-hybridized carbons (Fsp3) is 0.800. The number of carbonyl (C=O) groups is 1. The van der Waals surface area contributed by atoms with Gasteiger partial charge in [0.2, 0.25) is 6.35 Å². The molecule has 0 aromatic heterocycles. The fourth-order valence-electron chi connectivity index (χ4n) is 0.682. The minimum atomic E-state index is -1.10. The monoisotopic (exact) mass is 162 g/mol. The fourth-order valence-corrected chi connectivity index (χ4v) is 0.682. The molecule has 1 fully saturated rings. The van der Waals surface area contributed by atoms with Gasteiger partial charge in [-0.25, -0.2) is 0 Å². The summed E-state index contributed by atoms with van der Waals surface area (Å²) in [5, 5.41) is 20.0. The van der Waals surface area contributed by atoms with Crippen LogP contribution in [0.5, 0.6) is 0 Å². The predicted molar refractivity (Wildman–Crippen MR) is 34.2 cm³/mol. The number of rotatable bonds is 4. The topological polar surface area (TPSA) is 104 Å². The average molecular weight is 162 g/mol. The van der Waals surface area contributed by atoms with Crippen LogP contribution in [-0.2, 0) is 9.63 Å². The summed E-state index contributed by atoms with van der Waals surface area (Å²) in [6.07, 6.45) is -1.39. The number of aliphatic hydroxyl groups excluding tert-OH is 1. The Morgan fingerprint density at radius 2 is 2.36 bits per heavy atom. The second-order valence-electron chi connectivity index (χ2n) is 2.34. The molecule has 1 aliphatic heterocycles. The van der Waals surface area contributed by atoms with Crippen LogP contribution in [0.4, 0.5) is 0 Å². The largest absolute Gasteiger partial charge is 0.480 e. The van der Waals surface area contributed by atoms with Crippen molar-refractivity contribution in [1.29, 1.82) is 0 Å². The van der Waals surface area contributed by atoms with Crippen LogP contribution in [0.2, 0.25) is 0 Å². The molecule has 1 aliphatic rings. The van der Waals surface area contributed by atoms with Gasteiger partial charge in [0.25, 0.3) is 0 Å². The molecule has 4 N–H and O–H groups in total. The molecule has 1 saturated heterocycles. The highest BCUT2D eigenvalue weighted by molar-refractivity contribution is 5.74. The molecule has 0 saturated carbocycles. The van der Waals surface area contributed by atoms with Gasteiger partial charge in [0, 0.05) is 0 Å². The molecule has 0 amide bonds. The van der Waals surface area contributed by atoms with Crippen molar-refractivity contribution < 1.29 is 19.8 Å². The number of hydrogen-bond donors (Lipinski definition) is 4. The molecular formula is C5H10N2O4. The van der Waals surface area contributed by atoms with E-state index in [9.17, 15) is 4.79 Å². The molecule has 3 atom stereocenters. The minimum absolute atomic E-state index is 0.439. The Kier molecular flexibility index (Phi) is 2.40. The minimum Gasteiger partial charge on any atom is -0.480 e. The van der Waals surface area contributed by atoms with Crippen LogP contribution in [0.15, 0.2) is 0 Å². The van der Waals surface area contributed by atoms with Crippen LogP contribution in [0, 0.1) is 0 Å². The van der Waals surface area contributed by atoms with E-state index < -0.39 is 24.5 Å². The van der Waals surface area contributed by atoms with E-state index in [4.69, 9.17) is 10.2 Å². The van der Waals surface area contributed by atoms with E-state index in [0.29, 0.717) is 0 Å². The van der Waals surface area contributed by atoms with E-state index in [1.807, 2.05) is 0 Å². The van der Waals surface area contributed by atoms with Crippen LogP contribution in [-0.4, -0.2) is 34.7 Å². The molecule has 0 aromatic carbocycles. The molecule has 6 heteroatoms. The summed E-state index contributed by atoms with van der Waals surface area (Å²) in [5.74, 6) is -1.10. The van der Waals surface area contributed by atoms with Gasteiger partial charge >= 0.3 is 5.97 Å². The van der Waals surface area contributed by atoms with Crippen molar-refractivity contribution in [2.75, 3.05) is 0 Å². The Hall–Kier alpha value is -0.690.